The summed E-state index contributed by atoms with van der Waals surface area (Å²) in [5.74, 6) is 0.962. The first-order valence-electron chi connectivity index (χ1n) is 5.24. The van der Waals surface area contributed by atoms with Crippen molar-refractivity contribution < 1.29 is 4.74 Å². The van der Waals surface area contributed by atoms with Crippen LogP contribution in [0.25, 0.3) is 0 Å². The lowest BCUT2D eigenvalue weighted by molar-refractivity contribution is 0.464. The third-order valence-corrected chi connectivity index (χ3v) is 2.45. The summed E-state index contributed by atoms with van der Waals surface area (Å²) >= 11 is 5.68. The van der Waals surface area contributed by atoms with Crippen molar-refractivity contribution in [3.05, 3.63) is 41.3 Å². The SMILES string of the molecule is CCc1cccc(Oc2nc(Cl)ncc2N)c1. The van der Waals surface area contributed by atoms with Crippen molar-refractivity contribution in [2.75, 3.05) is 5.73 Å². The number of ether oxygens (including phenoxy) is 1. The van der Waals surface area contributed by atoms with Crippen LogP contribution in [-0.2, 0) is 6.42 Å². The molecule has 0 saturated heterocycles. The van der Waals surface area contributed by atoms with Gasteiger partial charge in [0.25, 0.3) is 0 Å². The van der Waals surface area contributed by atoms with E-state index in [0.717, 1.165) is 6.42 Å². The minimum atomic E-state index is 0.112. The second kappa shape index (κ2) is 5.01. The molecular weight excluding hydrogens is 238 g/mol. The molecule has 1 heterocycles. The molecule has 0 atom stereocenters. The van der Waals surface area contributed by atoms with E-state index >= 15 is 0 Å². The molecule has 17 heavy (non-hydrogen) atoms. The van der Waals surface area contributed by atoms with Gasteiger partial charge in [0, 0.05) is 0 Å². The van der Waals surface area contributed by atoms with Gasteiger partial charge in [0.15, 0.2) is 0 Å². The summed E-state index contributed by atoms with van der Waals surface area (Å²) in [4.78, 5) is 7.69. The summed E-state index contributed by atoms with van der Waals surface area (Å²) in [7, 11) is 0. The number of hydrogen-bond donors (Lipinski definition) is 1. The molecule has 0 aliphatic rings. The quantitative estimate of drug-likeness (QED) is 0.850. The average Bonchev–Trinajstić information content (AvgIpc) is 2.34. The molecule has 0 fully saturated rings. The van der Waals surface area contributed by atoms with Gasteiger partial charge >= 0.3 is 0 Å². The van der Waals surface area contributed by atoms with E-state index < -0.39 is 0 Å². The van der Waals surface area contributed by atoms with Crippen molar-refractivity contribution in [1.29, 1.82) is 0 Å². The third kappa shape index (κ3) is 2.85. The number of anilines is 1. The molecule has 0 radical (unpaired) electrons. The summed E-state index contributed by atoms with van der Waals surface area (Å²) < 4.78 is 5.57. The molecule has 0 amide bonds. The Labute approximate surface area is 104 Å². The fourth-order valence-corrected chi connectivity index (χ4v) is 1.50. The number of aryl methyl sites for hydroxylation is 1. The highest BCUT2D eigenvalue weighted by molar-refractivity contribution is 6.28. The summed E-state index contributed by atoms with van der Waals surface area (Å²) in [6.07, 6.45) is 2.37. The van der Waals surface area contributed by atoms with Gasteiger partial charge in [-0.2, -0.15) is 4.98 Å². The summed E-state index contributed by atoms with van der Waals surface area (Å²) in [6, 6.07) is 7.74. The maximum atomic E-state index is 5.70. The first-order valence-corrected chi connectivity index (χ1v) is 5.61. The standard InChI is InChI=1S/C12H12ClN3O/c1-2-8-4-3-5-9(6-8)17-11-10(14)7-15-12(13)16-11/h3-7H,2,14H2,1H3. The first-order chi connectivity index (χ1) is 8.19. The minimum Gasteiger partial charge on any atom is -0.437 e. The monoisotopic (exact) mass is 249 g/mol. The Bertz CT molecular complexity index is 531. The highest BCUT2D eigenvalue weighted by Gasteiger charge is 2.06. The zero-order chi connectivity index (χ0) is 12.3. The van der Waals surface area contributed by atoms with Crippen LogP contribution in [0.1, 0.15) is 12.5 Å². The number of benzene rings is 1. The number of nitrogens with zero attached hydrogens (tertiary/aromatic N) is 2. The molecule has 0 aliphatic carbocycles. The van der Waals surface area contributed by atoms with Crippen LogP contribution in [-0.4, -0.2) is 9.97 Å². The van der Waals surface area contributed by atoms with E-state index in [1.165, 1.54) is 11.8 Å². The van der Waals surface area contributed by atoms with Gasteiger partial charge in [-0.1, -0.05) is 19.1 Å². The Hall–Kier alpha value is -1.81. The van der Waals surface area contributed by atoms with Gasteiger partial charge in [-0.25, -0.2) is 4.98 Å². The van der Waals surface area contributed by atoms with Crippen LogP contribution in [0.3, 0.4) is 0 Å². The van der Waals surface area contributed by atoms with Crippen molar-refractivity contribution in [2.24, 2.45) is 0 Å². The molecule has 1 aromatic heterocycles. The van der Waals surface area contributed by atoms with Crippen LogP contribution in [0, 0.1) is 0 Å². The number of halogens is 1. The molecule has 0 unspecified atom stereocenters. The fourth-order valence-electron chi connectivity index (χ4n) is 1.38. The van der Waals surface area contributed by atoms with Crippen molar-refractivity contribution in [3.63, 3.8) is 0 Å². The normalized spacial score (nSPS) is 10.2. The first kappa shape index (κ1) is 11.7. The Morgan fingerprint density at radius 2 is 2.24 bits per heavy atom. The fraction of sp³-hybridized carbons (Fsp3) is 0.167. The zero-order valence-corrected chi connectivity index (χ0v) is 10.1. The maximum absolute atomic E-state index is 5.70. The van der Waals surface area contributed by atoms with Crippen LogP contribution < -0.4 is 10.5 Å². The van der Waals surface area contributed by atoms with E-state index in [9.17, 15) is 0 Å². The molecule has 2 aromatic rings. The lowest BCUT2D eigenvalue weighted by atomic mass is 10.2. The second-order valence-electron chi connectivity index (χ2n) is 3.50. The zero-order valence-electron chi connectivity index (χ0n) is 9.35. The molecule has 0 aliphatic heterocycles. The van der Waals surface area contributed by atoms with Gasteiger partial charge in [-0.05, 0) is 35.7 Å². The van der Waals surface area contributed by atoms with E-state index in [0.29, 0.717) is 11.4 Å². The summed E-state index contributed by atoms with van der Waals surface area (Å²) in [5, 5.41) is 0.112. The second-order valence-corrected chi connectivity index (χ2v) is 3.84. The van der Waals surface area contributed by atoms with Crippen molar-refractivity contribution in [1.82, 2.24) is 9.97 Å². The highest BCUT2D eigenvalue weighted by atomic mass is 35.5. The van der Waals surface area contributed by atoms with Gasteiger partial charge in [-0.15, -0.1) is 0 Å². The Morgan fingerprint density at radius 1 is 1.41 bits per heavy atom. The molecule has 5 heteroatoms. The lowest BCUT2D eigenvalue weighted by Gasteiger charge is -2.07. The average molecular weight is 250 g/mol. The van der Waals surface area contributed by atoms with Gasteiger partial charge in [-0.3, -0.25) is 0 Å². The predicted molar refractivity (Wildman–Crippen MR) is 67.3 cm³/mol. The molecule has 2 N–H and O–H groups in total. The molecule has 1 aromatic carbocycles. The molecular formula is C12H12ClN3O. The maximum Gasteiger partial charge on any atom is 0.247 e. The minimum absolute atomic E-state index is 0.112. The lowest BCUT2D eigenvalue weighted by Crippen LogP contribution is -1.97. The number of nitrogens with two attached hydrogens (primary N) is 1. The van der Waals surface area contributed by atoms with Crippen LogP contribution in [0.4, 0.5) is 5.69 Å². The van der Waals surface area contributed by atoms with Crippen LogP contribution in [0.5, 0.6) is 11.6 Å². The van der Waals surface area contributed by atoms with E-state index in [1.54, 1.807) is 0 Å². The number of aromatic nitrogens is 2. The Balaban J connectivity index is 2.27. The molecule has 0 spiro atoms. The van der Waals surface area contributed by atoms with E-state index in [-0.39, 0.29) is 11.2 Å². The molecule has 2 rings (SSSR count). The third-order valence-electron chi connectivity index (χ3n) is 2.27. The summed E-state index contributed by atoms with van der Waals surface area (Å²) in [5.41, 5.74) is 7.24. The summed E-state index contributed by atoms with van der Waals surface area (Å²) in [6.45, 7) is 2.08. The number of nitrogen functional groups attached to an aromatic ring is 1. The van der Waals surface area contributed by atoms with Crippen LogP contribution in [0.2, 0.25) is 5.28 Å². The Morgan fingerprint density at radius 3 is 3.00 bits per heavy atom. The number of rotatable bonds is 3. The van der Waals surface area contributed by atoms with E-state index in [4.69, 9.17) is 22.1 Å². The van der Waals surface area contributed by atoms with Crippen molar-refractivity contribution in [2.45, 2.75) is 13.3 Å². The van der Waals surface area contributed by atoms with Gasteiger partial charge in [0.05, 0.1) is 6.20 Å². The van der Waals surface area contributed by atoms with Crippen LogP contribution >= 0.6 is 11.6 Å². The smallest absolute Gasteiger partial charge is 0.247 e. The van der Waals surface area contributed by atoms with Crippen molar-refractivity contribution in [3.8, 4) is 11.6 Å². The highest BCUT2D eigenvalue weighted by Crippen LogP contribution is 2.26. The largest absolute Gasteiger partial charge is 0.437 e. The molecule has 88 valence electrons. The van der Waals surface area contributed by atoms with E-state index in [2.05, 4.69) is 16.9 Å². The topological polar surface area (TPSA) is 61.0 Å². The molecule has 0 saturated carbocycles. The predicted octanol–water partition coefficient (Wildman–Crippen LogP) is 3.07. The Kier molecular flexibility index (Phi) is 3.44. The van der Waals surface area contributed by atoms with E-state index in [1.807, 2.05) is 24.3 Å². The van der Waals surface area contributed by atoms with Gasteiger partial charge in [0.2, 0.25) is 11.2 Å². The molecule has 4 nitrogen and oxygen atoms in total. The van der Waals surface area contributed by atoms with Gasteiger partial charge in [0.1, 0.15) is 11.4 Å². The van der Waals surface area contributed by atoms with Crippen molar-refractivity contribution >= 4 is 17.3 Å². The molecule has 0 bridgehead atoms. The van der Waals surface area contributed by atoms with Gasteiger partial charge < -0.3 is 10.5 Å². The van der Waals surface area contributed by atoms with Crippen LogP contribution in [0.15, 0.2) is 30.5 Å². The number of hydrogen-bond acceptors (Lipinski definition) is 4.